The molecule has 0 radical (unpaired) electrons. The molecule has 0 fully saturated rings. The van der Waals surface area contributed by atoms with E-state index in [1.165, 1.54) is 52.2 Å². The lowest BCUT2D eigenvalue weighted by Crippen LogP contribution is -2.27. The number of benzene rings is 8. The van der Waals surface area contributed by atoms with E-state index in [-0.39, 0.29) is 5.41 Å². The summed E-state index contributed by atoms with van der Waals surface area (Å²) in [6, 6.07) is 77.4. The van der Waals surface area contributed by atoms with Gasteiger partial charge in [0.25, 0.3) is 0 Å². The number of anilines is 6. The Balaban J connectivity index is 1.16. The third kappa shape index (κ3) is 7.19. The Morgan fingerprint density at radius 2 is 0.864 bits per heavy atom. The molecule has 0 aliphatic heterocycles. The molecule has 3 heteroatoms. The van der Waals surface area contributed by atoms with Crippen LogP contribution in [0.4, 0.5) is 34.1 Å². The van der Waals surface area contributed by atoms with Gasteiger partial charge < -0.3 is 14.4 Å². The lowest BCUT2D eigenvalue weighted by atomic mass is 9.69. The first-order valence-electron chi connectivity index (χ1n) is 21.2. The van der Waals surface area contributed by atoms with Crippen molar-refractivity contribution in [3.8, 4) is 5.69 Å². The summed E-state index contributed by atoms with van der Waals surface area (Å²) in [7, 11) is 0. The highest BCUT2D eigenvalue weighted by Gasteiger charge is 2.33. The van der Waals surface area contributed by atoms with Gasteiger partial charge in [-0.1, -0.05) is 161 Å². The minimum absolute atomic E-state index is 0.131. The third-order valence-electron chi connectivity index (χ3n) is 12.1. The molecular weight excluding hydrogens is 715 g/mol. The van der Waals surface area contributed by atoms with Gasteiger partial charge in [-0.15, -0.1) is 0 Å². The number of aromatic nitrogens is 1. The monoisotopic (exact) mass is 765 g/mol. The average molecular weight is 766 g/mol. The van der Waals surface area contributed by atoms with E-state index < -0.39 is 0 Å². The molecule has 0 aliphatic rings. The summed E-state index contributed by atoms with van der Waals surface area (Å²) in [4.78, 5) is 4.78. The van der Waals surface area contributed by atoms with Gasteiger partial charge in [-0.3, -0.25) is 0 Å². The normalized spacial score (nSPS) is 12.4. The maximum Gasteiger partial charge on any atom is 0.0782 e. The molecule has 59 heavy (non-hydrogen) atoms. The number of unbranched alkanes of at least 4 members (excludes halogenated alkanes) is 2. The van der Waals surface area contributed by atoms with Gasteiger partial charge in [0.1, 0.15) is 0 Å². The lowest BCUT2D eigenvalue weighted by molar-refractivity contribution is 0.431. The quantitative estimate of drug-likeness (QED) is 0.102. The van der Waals surface area contributed by atoms with E-state index in [0.29, 0.717) is 0 Å². The van der Waals surface area contributed by atoms with E-state index in [1.807, 2.05) is 0 Å². The van der Waals surface area contributed by atoms with Gasteiger partial charge in [0, 0.05) is 50.3 Å². The van der Waals surface area contributed by atoms with Gasteiger partial charge in [0.05, 0.1) is 16.7 Å². The van der Waals surface area contributed by atoms with Crippen LogP contribution in [0, 0.1) is 0 Å². The number of hydrogen-bond acceptors (Lipinski definition) is 2. The van der Waals surface area contributed by atoms with E-state index in [4.69, 9.17) is 0 Å². The predicted molar refractivity (Wildman–Crippen MR) is 252 cm³/mol. The number of hydrogen-bond donors (Lipinski definition) is 0. The minimum atomic E-state index is -0.131. The van der Waals surface area contributed by atoms with E-state index in [2.05, 4.69) is 241 Å². The van der Waals surface area contributed by atoms with Gasteiger partial charge in [-0.25, -0.2) is 0 Å². The van der Waals surface area contributed by atoms with Crippen LogP contribution >= 0.6 is 0 Å². The van der Waals surface area contributed by atoms with Gasteiger partial charge in [0.15, 0.2) is 0 Å². The van der Waals surface area contributed by atoms with Crippen molar-refractivity contribution in [1.82, 2.24) is 4.57 Å². The summed E-state index contributed by atoms with van der Waals surface area (Å²) in [5.41, 5.74) is 13.0. The van der Waals surface area contributed by atoms with Crippen LogP contribution in [0.15, 0.2) is 212 Å². The Bertz CT molecular complexity index is 2700. The summed E-state index contributed by atoms with van der Waals surface area (Å²) >= 11 is 0. The number of nitrogens with zero attached hydrogens (tertiary/aromatic N) is 3. The number of para-hydroxylation sites is 6. The highest BCUT2D eigenvalue weighted by molar-refractivity contribution is 6.14. The van der Waals surface area contributed by atoms with Crippen LogP contribution < -0.4 is 9.80 Å². The molecular formula is C56H51N3. The minimum Gasteiger partial charge on any atom is -0.311 e. The fourth-order valence-corrected chi connectivity index (χ4v) is 9.21. The maximum atomic E-state index is 2.44. The zero-order valence-corrected chi connectivity index (χ0v) is 34.1. The molecule has 1 unspecified atom stereocenters. The molecule has 0 saturated carbocycles. The second-order valence-electron chi connectivity index (χ2n) is 15.5. The molecule has 9 rings (SSSR count). The highest BCUT2D eigenvalue weighted by atomic mass is 15.2. The smallest absolute Gasteiger partial charge is 0.0782 e. The van der Waals surface area contributed by atoms with Crippen molar-refractivity contribution in [3.63, 3.8) is 0 Å². The van der Waals surface area contributed by atoms with Crippen LogP contribution in [-0.4, -0.2) is 4.57 Å². The van der Waals surface area contributed by atoms with Crippen LogP contribution in [0.2, 0.25) is 0 Å². The van der Waals surface area contributed by atoms with E-state index >= 15 is 0 Å². The summed E-state index contributed by atoms with van der Waals surface area (Å²) in [5.74, 6) is 0. The average Bonchev–Trinajstić information content (AvgIpc) is 3.65. The molecule has 3 nitrogen and oxygen atoms in total. The predicted octanol–water partition coefficient (Wildman–Crippen LogP) is 16.0. The van der Waals surface area contributed by atoms with Crippen LogP contribution in [0.3, 0.4) is 0 Å². The molecule has 1 heterocycles. The lowest BCUT2D eigenvalue weighted by Gasteiger charge is -2.36. The van der Waals surface area contributed by atoms with E-state index in [0.717, 1.165) is 52.7 Å². The van der Waals surface area contributed by atoms with Crippen molar-refractivity contribution in [2.45, 2.75) is 51.4 Å². The van der Waals surface area contributed by atoms with Gasteiger partial charge >= 0.3 is 0 Å². The van der Waals surface area contributed by atoms with Crippen molar-refractivity contribution in [3.05, 3.63) is 223 Å². The van der Waals surface area contributed by atoms with Crippen molar-refractivity contribution in [2.75, 3.05) is 9.80 Å². The van der Waals surface area contributed by atoms with Crippen molar-refractivity contribution < 1.29 is 0 Å². The first-order valence-corrected chi connectivity index (χ1v) is 21.2. The first kappa shape index (κ1) is 37.7. The molecule has 0 spiro atoms. The van der Waals surface area contributed by atoms with Gasteiger partial charge in [0.2, 0.25) is 0 Å². The number of fused-ring (bicyclic) bond motifs is 3. The molecule has 1 aromatic heterocycles. The van der Waals surface area contributed by atoms with Crippen molar-refractivity contribution in [1.29, 1.82) is 0 Å². The van der Waals surface area contributed by atoms with E-state index in [1.54, 1.807) is 0 Å². The fraction of sp³-hybridized carbons (Fsp3) is 0.143. The SMILES string of the molecule is CCCCCC(CC)(c1ccc(N(c2ccccc2)c2ccccc2)cc1)c1ccc(N(c2ccccc2)c2cccc3c4ccccc4n(-c4ccccc4)c23)cc1. The molecule has 9 aromatic rings. The first-order chi connectivity index (χ1) is 29.2. The van der Waals surface area contributed by atoms with E-state index in [9.17, 15) is 0 Å². The summed E-state index contributed by atoms with van der Waals surface area (Å²) in [6.45, 7) is 4.67. The largest absolute Gasteiger partial charge is 0.311 e. The van der Waals surface area contributed by atoms with Crippen molar-refractivity contribution >= 4 is 55.9 Å². The molecule has 0 amide bonds. The van der Waals surface area contributed by atoms with Gasteiger partial charge in [-0.05, 0) is 109 Å². The molecule has 0 N–H and O–H groups in total. The fourth-order valence-electron chi connectivity index (χ4n) is 9.21. The Labute approximate surface area is 349 Å². The maximum absolute atomic E-state index is 2.44. The van der Waals surface area contributed by atoms with Crippen LogP contribution in [0.1, 0.15) is 57.1 Å². The highest BCUT2D eigenvalue weighted by Crippen LogP contribution is 2.46. The van der Waals surface area contributed by atoms with Crippen LogP contribution in [-0.2, 0) is 5.41 Å². The van der Waals surface area contributed by atoms with Crippen LogP contribution in [0.25, 0.3) is 27.5 Å². The number of rotatable bonds is 14. The summed E-state index contributed by atoms with van der Waals surface area (Å²) in [5, 5.41) is 2.49. The molecule has 8 aromatic carbocycles. The summed E-state index contributed by atoms with van der Waals surface area (Å²) in [6.07, 6.45) is 5.69. The summed E-state index contributed by atoms with van der Waals surface area (Å²) < 4.78 is 2.43. The Morgan fingerprint density at radius 3 is 1.41 bits per heavy atom. The standard InChI is InChI=1S/C56H51N3/c1-3-5-20-42-56(4-2,43-34-38-49(39-35-43)57(45-22-10-6-11-23-45)46-24-12-7-13-25-46)44-36-40-50(41-37-44)58(47-26-14-8-15-27-47)54-33-21-31-52-51-30-18-19-32-53(51)59(55(52)54)48-28-16-9-17-29-48/h6-19,21-41H,3-5,20,42H2,1-2H3. The zero-order valence-electron chi connectivity index (χ0n) is 34.1. The Kier molecular flexibility index (Phi) is 10.8. The zero-order chi connectivity index (χ0) is 40.0. The Morgan fingerprint density at radius 1 is 0.407 bits per heavy atom. The molecule has 0 aliphatic carbocycles. The van der Waals surface area contributed by atoms with Crippen LogP contribution in [0.5, 0.6) is 0 Å². The molecule has 1 atom stereocenters. The Hall–Kier alpha value is -6.84. The molecule has 0 saturated heterocycles. The third-order valence-corrected chi connectivity index (χ3v) is 12.1. The van der Waals surface area contributed by atoms with Crippen molar-refractivity contribution in [2.24, 2.45) is 0 Å². The van der Waals surface area contributed by atoms with Gasteiger partial charge in [-0.2, -0.15) is 0 Å². The molecule has 0 bridgehead atoms. The second-order valence-corrected chi connectivity index (χ2v) is 15.5. The second kappa shape index (κ2) is 16.9. The molecule has 290 valence electrons. The topological polar surface area (TPSA) is 11.4 Å².